The smallest absolute Gasteiger partial charge is 0.387 e. The van der Waals surface area contributed by atoms with Gasteiger partial charge in [0, 0.05) is 18.2 Å². The van der Waals surface area contributed by atoms with E-state index in [0.717, 1.165) is 5.56 Å². The molecule has 1 aromatic rings. The summed E-state index contributed by atoms with van der Waals surface area (Å²) in [5.74, 6) is 0.922. The summed E-state index contributed by atoms with van der Waals surface area (Å²) >= 11 is 0. The van der Waals surface area contributed by atoms with E-state index >= 15 is 0 Å². The minimum atomic E-state index is -2.77. The van der Waals surface area contributed by atoms with Gasteiger partial charge in [-0.25, -0.2) is 0 Å². The fourth-order valence-corrected chi connectivity index (χ4v) is 2.72. The highest BCUT2D eigenvalue weighted by atomic mass is 19.3. The molecule has 1 aliphatic carbocycles. The lowest BCUT2D eigenvalue weighted by atomic mass is 9.86. The van der Waals surface area contributed by atoms with Crippen molar-refractivity contribution in [1.29, 1.82) is 0 Å². The fraction of sp³-hybridized carbons (Fsp3) is 0.600. The molecule has 0 radical (unpaired) electrons. The van der Waals surface area contributed by atoms with Gasteiger partial charge in [-0.05, 0) is 24.8 Å². The van der Waals surface area contributed by atoms with E-state index in [4.69, 9.17) is 0 Å². The van der Waals surface area contributed by atoms with Crippen molar-refractivity contribution in [3.05, 3.63) is 29.8 Å². The van der Waals surface area contributed by atoms with Gasteiger partial charge in [-0.2, -0.15) is 8.78 Å². The van der Waals surface area contributed by atoms with E-state index in [9.17, 15) is 8.78 Å². The van der Waals surface area contributed by atoms with Crippen molar-refractivity contribution >= 4 is 0 Å². The van der Waals surface area contributed by atoms with Crippen LogP contribution in [0.4, 0.5) is 8.78 Å². The molecule has 0 bridgehead atoms. The van der Waals surface area contributed by atoms with Crippen LogP contribution < -0.4 is 10.1 Å². The third-order valence-corrected chi connectivity index (χ3v) is 3.85. The third-order valence-electron chi connectivity index (χ3n) is 3.85. The molecule has 2 atom stereocenters. The van der Waals surface area contributed by atoms with Crippen molar-refractivity contribution in [1.82, 2.24) is 5.32 Å². The number of para-hydroxylation sites is 1. The van der Waals surface area contributed by atoms with Crippen LogP contribution in [0.5, 0.6) is 5.75 Å². The van der Waals surface area contributed by atoms with E-state index in [0.29, 0.717) is 18.5 Å². The van der Waals surface area contributed by atoms with Crippen LogP contribution in [-0.4, -0.2) is 12.7 Å². The van der Waals surface area contributed by atoms with E-state index < -0.39 is 6.61 Å². The molecule has 1 fully saturated rings. The van der Waals surface area contributed by atoms with Crippen LogP contribution in [0.15, 0.2) is 24.3 Å². The lowest BCUT2D eigenvalue weighted by Crippen LogP contribution is -2.36. The van der Waals surface area contributed by atoms with Crippen LogP contribution in [0, 0.1) is 5.92 Å². The second-order valence-electron chi connectivity index (χ2n) is 5.24. The largest absolute Gasteiger partial charge is 0.434 e. The van der Waals surface area contributed by atoms with Gasteiger partial charge in [0.2, 0.25) is 0 Å². The molecule has 0 aromatic heterocycles. The molecule has 19 heavy (non-hydrogen) atoms. The minimum absolute atomic E-state index is 0.272. The molecule has 0 amide bonds. The lowest BCUT2D eigenvalue weighted by molar-refractivity contribution is -0.0505. The fourth-order valence-electron chi connectivity index (χ4n) is 2.72. The molecule has 1 saturated carbocycles. The first-order valence-electron chi connectivity index (χ1n) is 6.93. The van der Waals surface area contributed by atoms with Gasteiger partial charge in [-0.1, -0.05) is 38.0 Å². The molecule has 2 rings (SSSR count). The maximum Gasteiger partial charge on any atom is 0.387 e. The number of nitrogens with one attached hydrogen (secondary N) is 1. The lowest BCUT2D eigenvalue weighted by Gasteiger charge is -2.29. The average Bonchev–Trinajstić information content (AvgIpc) is 2.39. The molecule has 2 nitrogen and oxygen atoms in total. The molecule has 1 aromatic carbocycles. The Labute approximate surface area is 113 Å². The molecule has 1 aliphatic rings. The normalized spacial score (nSPS) is 23.6. The molecule has 4 heteroatoms. The third kappa shape index (κ3) is 4.16. The molecule has 2 unspecified atom stereocenters. The molecule has 0 spiro atoms. The minimum Gasteiger partial charge on any atom is -0.434 e. The molecule has 1 N–H and O–H groups in total. The number of ether oxygens (including phenoxy) is 1. The average molecular weight is 269 g/mol. The number of hydrogen-bond donors (Lipinski definition) is 1. The summed E-state index contributed by atoms with van der Waals surface area (Å²) in [7, 11) is 0. The molecule has 106 valence electrons. The highest BCUT2D eigenvalue weighted by Crippen LogP contribution is 2.25. The van der Waals surface area contributed by atoms with Gasteiger partial charge in [0.15, 0.2) is 0 Å². The van der Waals surface area contributed by atoms with E-state index in [1.807, 2.05) is 12.1 Å². The summed E-state index contributed by atoms with van der Waals surface area (Å²) in [6, 6.07) is 7.46. The van der Waals surface area contributed by atoms with Gasteiger partial charge in [0.1, 0.15) is 5.75 Å². The predicted octanol–water partition coefficient (Wildman–Crippen LogP) is 3.96. The molecule has 0 aliphatic heterocycles. The number of rotatable bonds is 5. The van der Waals surface area contributed by atoms with Gasteiger partial charge in [0.05, 0.1) is 0 Å². The maximum absolute atomic E-state index is 12.3. The monoisotopic (exact) mass is 269 g/mol. The summed E-state index contributed by atoms with van der Waals surface area (Å²) in [5, 5.41) is 3.48. The summed E-state index contributed by atoms with van der Waals surface area (Å²) < 4.78 is 29.2. The highest BCUT2D eigenvalue weighted by Gasteiger charge is 2.21. The zero-order valence-electron chi connectivity index (χ0n) is 11.2. The first-order valence-corrected chi connectivity index (χ1v) is 6.93. The molecular weight excluding hydrogens is 248 g/mol. The Morgan fingerprint density at radius 3 is 2.74 bits per heavy atom. The second kappa shape index (κ2) is 6.85. The molecular formula is C15H21F2NO. The Hall–Kier alpha value is -1.16. The van der Waals surface area contributed by atoms with E-state index in [1.165, 1.54) is 25.7 Å². The number of halogens is 2. The SMILES string of the molecule is CC1CCCCC1NCc1ccccc1OC(F)F. The summed E-state index contributed by atoms with van der Waals surface area (Å²) in [5.41, 5.74) is 0.792. The zero-order chi connectivity index (χ0) is 13.7. The van der Waals surface area contributed by atoms with E-state index in [1.54, 1.807) is 12.1 Å². The van der Waals surface area contributed by atoms with Crippen molar-refractivity contribution in [2.45, 2.75) is 51.8 Å². The summed E-state index contributed by atoms with van der Waals surface area (Å²) in [6.07, 6.45) is 4.95. The Bertz CT molecular complexity index is 397. The maximum atomic E-state index is 12.3. The van der Waals surface area contributed by atoms with Crippen molar-refractivity contribution in [2.24, 2.45) is 5.92 Å². The van der Waals surface area contributed by atoms with Gasteiger partial charge in [0.25, 0.3) is 0 Å². The van der Waals surface area contributed by atoms with Crippen LogP contribution in [0.3, 0.4) is 0 Å². The molecule has 0 heterocycles. The van der Waals surface area contributed by atoms with Gasteiger partial charge in [-0.3, -0.25) is 0 Å². The molecule has 0 saturated heterocycles. The van der Waals surface area contributed by atoms with Crippen LogP contribution in [0.2, 0.25) is 0 Å². The predicted molar refractivity (Wildman–Crippen MR) is 71.3 cm³/mol. The van der Waals surface area contributed by atoms with Crippen molar-refractivity contribution in [2.75, 3.05) is 0 Å². The Kier molecular flexibility index (Phi) is 5.14. The topological polar surface area (TPSA) is 21.3 Å². The Morgan fingerprint density at radius 1 is 1.26 bits per heavy atom. The summed E-state index contributed by atoms with van der Waals surface area (Å²) in [4.78, 5) is 0. The van der Waals surface area contributed by atoms with Gasteiger partial charge >= 0.3 is 6.61 Å². The van der Waals surface area contributed by atoms with E-state index in [2.05, 4.69) is 17.0 Å². The first kappa shape index (κ1) is 14.3. The standard InChI is InChI=1S/C15H21F2NO/c1-11-6-2-4-8-13(11)18-10-12-7-3-5-9-14(12)19-15(16)17/h3,5,7,9,11,13,15,18H,2,4,6,8,10H2,1H3. The van der Waals surface area contributed by atoms with Crippen molar-refractivity contribution in [3.8, 4) is 5.75 Å². The zero-order valence-corrected chi connectivity index (χ0v) is 11.2. The number of hydrogen-bond acceptors (Lipinski definition) is 2. The quantitative estimate of drug-likeness (QED) is 0.873. The number of alkyl halides is 2. The van der Waals surface area contributed by atoms with Gasteiger partial charge < -0.3 is 10.1 Å². The second-order valence-corrected chi connectivity index (χ2v) is 5.24. The summed E-state index contributed by atoms with van der Waals surface area (Å²) in [6.45, 7) is 0.0609. The highest BCUT2D eigenvalue weighted by molar-refractivity contribution is 5.33. The van der Waals surface area contributed by atoms with E-state index in [-0.39, 0.29) is 5.75 Å². The van der Waals surface area contributed by atoms with Crippen molar-refractivity contribution < 1.29 is 13.5 Å². The van der Waals surface area contributed by atoms with Crippen LogP contribution in [0.1, 0.15) is 38.2 Å². The van der Waals surface area contributed by atoms with Crippen LogP contribution >= 0.6 is 0 Å². The van der Waals surface area contributed by atoms with Crippen LogP contribution in [-0.2, 0) is 6.54 Å². The van der Waals surface area contributed by atoms with Gasteiger partial charge in [-0.15, -0.1) is 0 Å². The Balaban J connectivity index is 1.94. The van der Waals surface area contributed by atoms with Crippen LogP contribution in [0.25, 0.3) is 0 Å². The number of benzene rings is 1. The Morgan fingerprint density at radius 2 is 2.00 bits per heavy atom. The first-order chi connectivity index (χ1) is 9.16. The van der Waals surface area contributed by atoms with Crippen molar-refractivity contribution in [3.63, 3.8) is 0 Å².